The van der Waals surface area contributed by atoms with Crippen molar-refractivity contribution >= 4 is 33.4 Å². The quantitative estimate of drug-likeness (QED) is 0.681. The Morgan fingerprint density at radius 2 is 1.85 bits per heavy atom. The van der Waals surface area contributed by atoms with E-state index in [-0.39, 0.29) is 23.6 Å². The highest BCUT2D eigenvalue weighted by atomic mass is 35.5. The second-order valence-corrected chi connectivity index (χ2v) is 8.53. The maximum Gasteiger partial charge on any atom is 0.322 e. The van der Waals surface area contributed by atoms with E-state index < -0.39 is 10.1 Å². The van der Waals surface area contributed by atoms with E-state index >= 15 is 0 Å². The maximum atomic E-state index is 12.7. The molecule has 0 bridgehead atoms. The van der Waals surface area contributed by atoms with Crippen molar-refractivity contribution in [2.24, 2.45) is 0 Å². The van der Waals surface area contributed by atoms with Crippen LogP contribution >= 0.6 is 11.6 Å². The van der Waals surface area contributed by atoms with Crippen LogP contribution in [0.2, 0.25) is 5.02 Å². The minimum absolute atomic E-state index is 0.0683. The molecule has 0 unspecified atom stereocenters. The van der Waals surface area contributed by atoms with E-state index in [1.54, 1.807) is 47.4 Å². The lowest BCUT2D eigenvalue weighted by molar-refractivity contribution is 0.193. The number of nitrogens with one attached hydrogen (secondary N) is 1. The summed E-state index contributed by atoms with van der Waals surface area (Å²) in [5.74, 6) is 0.120. The van der Waals surface area contributed by atoms with Crippen LogP contribution in [-0.2, 0) is 16.7 Å². The van der Waals surface area contributed by atoms with Gasteiger partial charge in [0, 0.05) is 23.3 Å². The van der Waals surface area contributed by atoms with Crippen molar-refractivity contribution in [3.05, 3.63) is 59.1 Å². The average Bonchev–Trinajstić information content (AvgIpc) is 2.61. The fourth-order valence-electron chi connectivity index (χ4n) is 2.32. The third-order valence-corrected chi connectivity index (χ3v) is 5.21. The molecule has 0 saturated carbocycles. The number of rotatable bonds is 7. The molecule has 0 radical (unpaired) electrons. The Kier molecular flexibility index (Phi) is 7.10. The molecule has 0 saturated heterocycles. The smallest absolute Gasteiger partial charge is 0.322 e. The van der Waals surface area contributed by atoms with E-state index in [1.165, 1.54) is 6.92 Å². The molecule has 0 aromatic heterocycles. The Bertz CT molecular complexity index is 883. The normalized spacial score (nSPS) is 11.3. The molecule has 2 aromatic carbocycles. The third-order valence-electron chi connectivity index (χ3n) is 3.81. The molecule has 8 heteroatoms. The van der Waals surface area contributed by atoms with E-state index in [0.717, 1.165) is 5.56 Å². The summed E-state index contributed by atoms with van der Waals surface area (Å²) in [6.07, 6.45) is 0. The predicted molar refractivity (Wildman–Crippen MR) is 108 cm³/mol. The number of urea groups is 1. The fraction of sp³-hybridized carbons (Fsp3) is 0.316. The van der Waals surface area contributed by atoms with E-state index in [1.807, 2.05) is 19.9 Å². The molecule has 0 atom stereocenters. The molecule has 27 heavy (non-hydrogen) atoms. The molecule has 0 aliphatic heterocycles. The molecule has 2 aromatic rings. The van der Waals surface area contributed by atoms with E-state index in [4.69, 9.17) is 15.8 Å². The Morgan fingerprint density at radius 3 is 2.44 bits per heavy atom. The largest absolute Gasteiger partial charge is 0.382 e. The number of carbonyl (C=O) groups excluding carboxylic acids is 1. The van der Waals surface area contributed by atoms with Crippen LogP contribution in [0.4, 0.5) is 10.5 Å². The first-order valence-electron chi connectivity index (χ1n) is 8.54. The van der Waals surface area contributed by atoms with Crippen molar-refractivity contribution in [2.75, 3.05) is 11.1 Å². The van der Waals surface area contributed by atoms with E-state index in [9.17, 15) is 13.2 Å². The second-order valence-electron chi connectivity index (χ2n) is 6.24. The van der Waals surface area contributed by atoms with Crippen LogP contribution in [0.3, 0.4) is 0 Å². The summed E-state index contributed by atoms with van der Waals surface area (Å²) in [5, 5.41) is 3.42. The zero-order valence-electron chi connectivity index (χ0n) is 15.5. The number of benzene rings is 2. The molecular formula is C19H23ClN2O4S. The first-order valence-corrected chi connectivity index (χ1v) is 10.5. The molecule has 0 fully saturated rings. The second kappa shape index (κ2) is 9.10. The summed E-state index contributed by atoms with van der Waals surface area (Å²) in [7, 11) is -3.60. The first-order chi connectivity index (χ1) is 12.7. The van der Waals surface area contributed by atoms with Gasteiger partial charge in [-0.25, -0.2) is 4.79 Å². The van der Waals surface area contributed by atoms with Gasteiger partial charge in [0.1, 0.15) is 5.75 Å². The number of anilines is 1. The highest BCUT2D eigenvalue weighted by Crippen LogP contribution is 2.19. The van der Waals surface area contributed by atoms with Crippen LogP contribution < -0.4 is 9.50 Å². The van der Waals surface area contributed by atoms with Gasteiger partial charge in [0.25, 0.3) is 0 Å². The molecule has 6 nitrogen and oxygen atoms in total. The molecule has 1 N–H and O–H groups in total. The van der Waals surface area contributed by atoms with Gasteiger partial charge >= 0.3 is 16.1 Å². The molecule has 0 heterocycles. The first kappa shape index (κ1) is 21.1. The highest BCUT2D eigenvalue weighted by molar-refractivity contribution is 7.87. The van der Waals surface area contributed by atoms with Gasteiger partial charge in [-0.15, -0.1) is 0 Å². The van der Waals surface area contributed by atoms with Crippen molar-refractivity contribution < 1.29 is 17.4 Å². The van der Waals surface area contributed by atoms with Gasteiger partial charge in [0.05, 0.1) is 5.75 Å². The highest BCUT2D eigenvalue weighted by Gasteiger charge is 2.18. The lowest BCUT2D eigenvalue weighted by atomic mass is 10.2. The van der Waals surface area contributed by atoms with Gasteiger partial charge in [0.2, 0.25) is 0 Å². The molecule has 2 amide bonds. The van der Waals surface area contributed by atoms with Gasteiger partial charge in [-0.1, -0.05) is 23.7 Å². The number of halogens is 1. The van der Waals surface area contributed by atoms with Crippen LogP contribution in [0.25, 0.3) is 0 Å². The maximum absolute atomic E-state index is 12.7. The van der Waals surface area contributed by atoms with Crippen molar-refractivity contribution in [1.82, 2.24) is 4.90 Å². The molecule has 2 rings (SSSR count). The molecular weight excluding hydrogens is 388 g/mol. The lowest BCUT2D eigenvalue weighted by Crippen LogP contribution is -2.39. The number of carbonyl (C=O) groups is 1. The minimum atomic E-state index is -3.60. The van der Waals surface area contributed by atoms with Crippen molar-refractivity contribution in [3.63, 3.8) is 0 Å². The molecule has 0 aliphatic carbocycles. The molecule has 146 valence electrons. The molecule has 0 spiro atoms. The van der Waals surface area contributed by atoms with E-state index in [2.05, 4.69) is 5.32 Å². The number of hydrogen-bond donors (Lipinski definition) is 1. The van der Waals surface area contributed by atoms with Gasteiger partial charge in [-0.2, -0.15) is 8.42 Å². The van der Waals surface area contributed by atoms with Crippen LogP contribution in [0.15, 0.2) is 48.5 Å². The lowest BCUT2D eigenvalue weighted by Gasteiger charge is -2.27. The number of nitrogens with zero attached hydrogens (tertiary/aromatic N) is 1. The van der Waals surface area contributed by atoms with Crippen LogP contribution in [0.5, 0.6) is 5.75 Å². The van der Waals surface area contributed by atoms with Gasteiger partial charge in [-0.05, 0) is 62.7 Å². The van der Waals surface area contributed by atoms with Crippen LogP contribution in [-0.4, -0.2) is 31.1 Å². The summed E-state index contributed by atoms with van der Waals surface area (Å²) in [6.45, 7) is 5.63. The third kappa shape index (κ3) is 6.45. The topological polar surface area (TPSA) is 75.7 Å². The van der Waals surface area contributed by atoms with Crippen molar-refractivity contribution in [1.29, 1.82) is 0 Å². The summed E-state index contributed by atoms with van der Waals surface area (Å²) in [4.78, 5) is 14.3. The Balaban J connectivity index is 2.13. The van der Waals surface area contributed by atoms with Crippen molar-refractivity contribution in [3.8, 4) is 5.75 Å². The van der Waals surface area contributed by atoms with Crippen LogP contribution in [0, 0.1) is 0 Å². The van der Waals surface area contributed by atoms with Crippen molar-refractivity contribution in [2.45, 2.75) is 33.4 Å². The molecule has 0 aliphatic rings. The SMILES string of the molecule is CCS(=O)(=O)Oc1cccc(CN(C(=O)Nc2ccc(Cl)cc2)C(C)C)c1. The van der Waals surface area contributed by atoms with E-state index in [0.29, 0.717) is 17.3 Å². The monoisotopic (exact) mass is 410 g/mol. The Hall–Kier alpha value is -2.25. The number of hydrogen-bond acceptors (Lipinski definition) is 4. The zero-order valence-corrected chi connectivity index (χ0v) is 17.0. The standard InChI is InChI=1S/C19H23ClN2O4S/c1-4-27(24,25)26-18-7-5-6-15(12-18)13-22(14(2)3)19(23)21-17-10-8-16(20)9-11-17/h5-12,14H,4,13H2,1-3H3,(H,21,23). The average molecular weight is 411 g/mol. The summed E-state index contributed by atoms with van der Waals surface area (Å²) >= 11 is 5.86. The van der Waals surface area contributed by atoms with Crippen LogP contribution in [0.1, 0.15) is 26.3 Å². The Labute approximate surface area is 165 Å². The summed E-state index contributed by atoms with van der Waals surface area (Å²) in [6, 6.07) is 13.2. The van der Waals surface area contributed by atoms with Gasteiger partial charge < -0.3 is 14.4 Å². The predicted octanol–water partition coefficient (Wildman–Crippen LogP) is 4.51. The summed E-state index contributed by atoms with van der Waals surface area (Å²) < 4.78 is 28.3. The van der Waals surface area contributed by atoms with Gasteiger partial charge in [-0.3, -0.25) is 0 Å². The summed E-state index contributed by atoms with van der Waals surface area (Å²) in [5.41, 5.74) is 1.40. The number of amides is 2. The fourth-order valence-corrected chi connectivity index (χ4v) is 2.96. The zero-order chi connectivity index (χ0) is 20.0. The minimum Gasteiger partial charge on any atom is -0.382 e. The Morgan fingerprint density at radius 1 is 1.19 bits per heavy atom. The van der Waals surface area contributed by atoms with Gasteiger partial charge in [0.15, 0.2) is 0 Å².